The van der Waals surface area contributed by atoms with E-state index in [2.05, 4.69) is 24.1 Å². The van der Waals surface area contributed by atoms with E-state index < -0.39 is 12.1 Å². The van der Waals surface area contributed by atoms with Gasteiger partial charge in [0.1, 0.15) is 5.82 Å². The molecule has 3 atom stereocenters. The van der Waals surface area contributed by atoms with Crippen molar-refractivity contribution in [1.29, 1.82) is 0 Å². The summed E-state index contributed by atoms with van der Waals surface area (Å²) >= 11 is 0. The number of nitrogens with one attached hydrogen (secondary N) is 1. The van der Waals surface area contributed by atoms with Crippen molar-refractivity contribution in [3.8, 4) is 5.69 Å². The smallest absolute Gasteiger partial charge is 0.405 e. The minimum absolute atomic E-state index is 0.186. The first-order chi connectivity index (χ1) is 16.4. The SMILES string of the molecule is CC(NC(=O)O)c1nc2cccc(CCCN3C(C)COCC3C)c2c(=O)n1-c1ccccc1. The number of nitrogens with zero attached hydrogens (tertiary/aromatic N) is 3. The lowest BCUT2D eigenvalue weighted by Crippen LogP contribution is -2.49. The summed E-state index contributed by atoms with van der Waals surface area (Å²) in [4.78, 5) is 32.4. The van der Waals surface area contributed by atoms with Crippen molar-refractivity contribution in [2.45, 2.75) is 51.7 Å². The van der Waals surface area contributed by atoms with Crippen LogP contribution in [0.15, 0.2) is 53.3 Å². The van der Waals surface area contributed by atoms with Crippen molar-refractivity contribution in [3.63, 3.8) is 0 Å². The summed E-state index contributed by atoms with van der Waals surface area (Å²) in [6.45, 7) is 8.48. The quantitative estimate of drug-likeness (QED) is 0.553. The number of fused-ring (bicyclic) bond motifs is 1. The van der Waals surface area contributed by atoms with Crippen LogP contribution in [0, 0.1) is 0 Å². The molecule has 1 saturated heterocycles. The van der Waals surface area contributed by atoms with Gasteiger partial charge in [0.15, 0.2) is 0 Å². The summed E-state index contributed by atoms with van der Waals surface area (Å²) in [7, 11) is 0. The molecule has 8 nitrogen and oxygen atoms in total. The maximum atomic E-state index is 13.9. The van der Waals surface area contributed by atoms with Gasteiger partial charge in [-0.05, 0) is 63.9 Å². The van der Waals surface area contributed by atoms with Crippen LogP contribution in [-0.2, 0) is 11.2 Å². The van der Waals surface area contributed by atoms with Crippen LogP contribution in [0.5, 0.6) is 0 Å². The van der Waals surface area contributed by atoms with Gasteiger partial charge in [-0.3, -0.25) is 14.3 Å². The van der Waals surface area contributed by atoms with Gasteiger partial charge in [0.05, 0.1) is 35.8 Å². The zero-order valence-electron chi connectivity index (χ0n) is 19.9. The van der Waals surface area contributed by atoms with E-state index in [0.717, 1.165) is 38.2 Å². The topological polar surface area (TPSA) is 96.7 Å². The van der Waals surface area contributed by atoms with Crippen molar-refractivity contribution < 1.29 is 14.6 Å². The summed E-state index contributed by atoms with van der Waals surface area (Å²) in [5.74, 6) is 0.360. The van der Waals surface area contributed by atoms with Crippen molar-refractivity contribution in [2.75, 3.05) is 19.8 Å². The van der Waals surface area contributed by atoms with E-state index in [4.69, 9.17) is 9.72 Å². The van der Waals surface area contributed by atoms with E-state index in [1.54, 1.807) is 6.92 Å². The molecule has 2 aromatic carbocycles. The predicted octanol–water partition coefficient (Wildman–Crippen LogP) is 3.76. The Bertz CT molecular complexity index is 1200. The second kappa shape index (κ2) is 10.4. The number of rotatable bonds is 7. The molecule has 0 aliphatic carbocycles. The number of aryl methyl sites for hydroxylation is 1. The van der Waals surface area contributed by atoms with Gasteiger partial charge in [-0.1, -0.05) is 30.3 Å². The normalized spacial score (nSPS) is 19.7. The molecular formula is C26H32N4O4. The number of morpholine rings is 1. The third kappa shape index (κ3) is 4.98. The summed E-state index contributed by atoms with van der Waals surface area (Å²) in [6, 6.07) is 15.0. The van der Waals surface area contributed by atoms with E-state index in [9.17, 15) is 14.7 Å². The Morgan fingerprint density at radius 3 is 2.53 bits per heavy atom. The molecule has 4 rings (SSSR count). The van der Waals surface area contributed by atoms with Crippen molar-refractivity contribution in [2.24, 2.45) is 0 Å². The van der Waals surface area contributed by atoms with Gasteiger partial charge in [0.25, 0.3) is 5.56 Å². The highest BCUT2D eigenvalue weighted by Gasteiger charge is 2.25. The van der Waals surface area contributed by atoms with E-state index in [0.29, 0.717) is 34.5 Å². The average Bonchev–Trinajstić information content (AvgIpc) is 2.81. The molecule has 3 unspecified atom stereocenters. The van der Waals surface area contributed by atoms with Gasteiger partial charge in [0, 0.05) is 12.1 Å². The largest absolute Gasteiger partial charge is 0.465 e. The van der Waals surface area contributed by atoms with E-state index in [1.165, 1.54) is 4.57 Å². The van der Waals surface area contributed by atoms with Gasteiger partial charge in [0.2, 0.25) is 0 Å². The highest BCUT2D eigenvalue weighted by molar-refractivity contribution is 5.82. The van der Waals surface area contributed by atoms with Crippen LogP contribution in [0.25, 0.3) is 16.6 Å². The third-order valence-corrected chi connectivity index (χ3v) is 6.46. The molecule has 1 fully saturated rings. The Hall–Kier alpha value is -3.23. The molecule has 1 aliphatic heterocycles. The minimum Gasteiger partial charge on any atom is -0.465 e. The van der Waals surface area contributed by atoms with Gasteiger partial charge >= 0.3 is 6.09 Å². The van der Waals surface area contributed by atoms with E-state index in [-0.39, 0.29) is 5.56 Å². The van der Waals surface area contributed by atoms with E-state index >= 15 is 0 Å². The molecule has 34 heavy (non-hydrogen) atoms. The number of para-hydroxylation sites is 1. The number of ether oxygens (including phenoxy) is 1. The molecule has 0 radical (unpaired) electrons. The van der Waals surface area contributed by atoms with E-state index in [1.807, 2.05) is 48.5 Å². The molecule has 2 N–H and O–H groups in total. The lowest BCUT2D eigenvalue weighted by Gasteiger charge is -2.38. The molecule has 180 valence electrons. The Labute approximate surface area is 199 Å². The number of carbonyl (C=O) groups is 1. The molecule has 1 amide bonds. The average molecular weight is 465 g/mol. The van der Waals surface area contributed by atoms with Crippen molar-refractivity contribution in [3.05, 3.63) is 70.3 Å². The Kier molecular flexibility index (Phi) is 7.29. The predicted molar refractivity (Wildman–Crippen MR) is 132 cm³/mol. The monoisotopic (exact) mass is 464 g/mol. The number of carboxylic acid groups (broad SMARTS) is 1. The van der Waals surface area contributed by atoms with Crippen LogP contribution in [0.2, 0.25) is 0 Å². The standard InChI is InChI=1S/C26H32N4O4/c1-17-15-34-16-18(2)29(17)14-8-10-20-9-7-13-22-23(20)25(31)30(21-11-5-4-6-12-21)24(28-22)19(3)27-26(32)33/h4-7,9,11-13,17-19,27H,8,10,14-16H2,1-3H3,(H,32,33). The summed E-state index contributed by atoms with van der Waals surface area (Å²) in [5.41, 5.74) is 2.01. The Morgan fingerprint density at radius 1 is 1.15 bits per heavy atom. The lowest BCUT2D eigenvalue weighted by atomic mass is 10.0. The van der Waals surface area contributed by atoms with Crippen LogP contribution >= 0.6 is 0 Å². The first-order valence-corrected chi connectivity index (χ1v) is 11.8. The molecule has 0 spiro atoms. The van der Waals surface area contributed by atoms with Gasteiger partial charge < -0.3 is 15.2 Å². The summed E-state index contributed by atoms with van der Waals surface area (Å²) in [6.07, 6.45) is 0.501. The highest BCUT2D eigenvalue weighted by Crippen LogP contribution is 2.22. The minimum atomic E-state index is -1.17. The fraction of sp³-hybridized carbons (Fsp3) is 0.423. The van der Waals surface area contributed by atoms with Crippen LogP contribution in [0.3, 0.4) is 0 Å². The third-order valence-electron chi connectivity index (χ3n) is 6.46. The lowest BCUT2D eigenvalue weighted by molar-refractivity contribution is -0.0368. The maximum Gasteiger partial charge on any atom is 0.405 e. The molecule has 0 bridgehead atoms. The number of hydrogen-bond acceptors (Lipinski definition) is 5. The molecule has 1 aromatic heterocycles. The molecule has 1 aliphatic rings. The fourth-order valence-electron chi connectivity index (χ4n) is 4.82. The van der Waals surface area contributed by atoms with Gasteiger partial charge in [-0.15, -0.1) is 0 Å². The zero-order valence-corrected chi connectivity index (χ0v) is 19.9. The van der Waals surface area contributed by atoms with Crippen molar-refractivity contribution in [1.82, 2.24) is 19.8 Å². The van der Waals surface area contributed by atoms with Crippen LogP contribution < -0.4 is 10.9 Å². The molecule has 0 saturated carbocycles. The highest BCUT2D eigenvalue weighted by atomic mass is 16.5. The summed E-state index contributed by atoms with van der Waals surface area (Å²) in [5, 5.41) is 12.3. The van der Waals surface area contributed by atoms with Crippen LogP contribution in [0.1, 0.15) is 44.6 Å². The molecule has 8 heteroatoms. The fourth-order valence-corrected chi connectivity index (χ4v) is 4.82. The van der Waals surface area contributed by atoms with Crippen LogP contribution in [-0.4, -0.2) is 57.5 Å². The summed E-state index contributed by atoms with van der Waals surface area (Å²) < 4.78 is 7.16. The van der Waals surface area contributed by atoms with Crippen molar-refractivity contribution >= 4 is 17.0 Å². The van der Waals surface area contributed by atoms with Gasteiger partial charge in [-0.2, -0.15) is 0 Å². The number of hydrogen-bond donors (Lipinski definition) is 2. The van der Waals surface area contributed by atoms with Gasteiger partial charge in [-0.25, -0.2) is 9.78 Å². The first-order valence-electron chi connectivity index (χ1n) is 11.8. The Morgan fingerprint density at radius 2 is 1.85 bits per heavy atom. The maximum absolute atomic E-state index is 13.9. The molecular weight excluding hydrogens is 432 g/mol. The number of benzene rings is 2. The second-order valence-electron chi connectivity index (χ2n) is 9.01. The number of amides is 1. The molecule has 3 aromatic rings. The first kappa shape index (κ1) is 23.9. The Balaban J connectivity index is 1.72. The zero-order chi connectivity index (χ0) is 24.2. The van der Waals surface area contributed by atoms with Crippen LogP contribution in [0.4, 0.5) is 4.79 Å². The molecule has 2 heterocycles. The number of aromatic nitrogens is 2. The second-order valence-corrected chi connectivity index (χ2v) is 9.01.